The highest BCUT2D eigenvalue weighted by Crippen LogP contribution is 2.57. The summed E-state index contributed by atoms with van der Waals surface area (Å²) in [6, 6.07) is 5.74. The number of aliphatic hydroxyl groups is 1. The van der Waals surface area contributed by atoms with Crippen LogP contribution in [0.3, 0.4) is 0 Å². The number of benzene rings is 1. The Morgan fingerprint density at radius 3 is 2.58 bits per heavy atom. The lowest BCUT2D eigenvalue weighted by atomic mass is 9.88. The van der Waals surface area contributed by atoms with E-state index in [1.165, 1.54) is 4.90 Å². The molecule has 3 fully saturated rings. The molecule has 2 aliphatic heterocycles. The zero-order valence-corrected chi connectivity index (χ0v) is 28.6. The summed E-state index contributed by atoms with van der Waals surface area (Å²) in [5.74, 6) is -0.717. The van der Waals surface area contributed by atoms with Gasteiger partial charge in [0.05, 0.1) is 44.0 Å². The summed E-state index contributed by atoms with van der Waals surface area (Å²) in [7, 11) is -2.59. The number of rotatable bonds is 7. The maximum atomic E-state index is 14.3. The first-order chi connectivity index (χ1) is 22.8. The van der Waals surface area contributed by atoms with Gasteiger partial charge in [0.25, 0.3) is 0 Å². The number of pyridine rings is 1. The van der Waals surface area contributed by atoms with E-state index in [0.29, 0.717) is 18.1 Å². The molecule has 0 bridgehead atoms. The lowest BCUT2D eigenvalue weighted by Gasteiger charge is -2.30. The lowest BCUT2D eigenvalue weighted by molar-refractivity contribution is -0.140. The van der Waals surface area contributed by atoms with Gasteiger partial charge in [-0.1, -0.05) is 44.2 Å². The number of ketones is 1. The molecule has 12 nitrogen and oxygen atoms in total. The van der Waals surface area contributed by atoms with Crippen LogP contribution in [0.5, 0.6) is 11.6 Å². The van der Waals surface area contributed by atoms with E-state index in [-0.39, 0.29) is 61.7 Å². The van der Waals surface area contributed by atoms with Gasteiger partial charge in [-0.05, 0) is 62.3 Å². The second kappa shape index (κ2) is 13.1. The summed E-state index contributed by atoms with van der Waals surface area (Å²) in [6.07, 6.45) is 7.96. The molecule has 0 radical (unpaired) electrons. The number of carbonyl (C=O) groups is 3. The van der Waals surface area contributed by atoms with Gasteiger partial charge in [-0.3, -0.25) is 19.1 Å². The van der Waals surface area contributed by atoms with Gasteiger partial charge in [-0.25, -0.2) is 13.4 Å². The highest BCUT2D eigenvalue weighted by molar-refractivity contribution is 7.91. The molecule has 0 unspecified atom stereocenters. The molecular formula is C35H46N4O8S. The number of hydrogen-bond donors (Lipinski definition) is 3. The van der Waals surface area contributed by atoms with Crippen LogP contribution in [-0.4, -0.2) is 84.2 Å². The molecule has 2 amide bonds. The number of aliphatic hydroxyl groups excluding tert-OH is 1. The van der Waals surface area contributed by atoms with Crippen molar-refractivity contribution in [2.75, 3.05) is 20.3 Å². The number of ether oxygens (including phenoxy) is 2. The third-order valence-electron chi connectivity index (χ3n) is 11.0. The third-order valence-corrected chi connectivity index (χ3v) is 13.1. The highest BCUT2D eigenvalue weighted by Gasteiger charge is 2.63. The second-order valence-electron chi connectivity index (χ2n) is 14.4. The number of nitrogens with one attached hydrogen (secondary N) is 1. The minimum absolute atomic E-state index is 0.100. The molecule has 7 atom stereocenters. The van der Waals surface area contributed by atoms with Crippen LogP contribution >= 0.6 is 0 Å². The van der Waals surface area contributed by atoms with E-state index in [1.54, 1.807) is 13.3 Å². The number of fused-ring (bicyclic) bond motifs is 3. The third kappa shape index (κ3) is 6.32. The van der Waals surface area contributed by atoms with Gasteiger partial charge in [0, 0.05) is 23.6 Å². The van der Waals surface area contributed by atoms with Crippen molar-refractivity contribution in [1.82, 2.24) is 14.6 Å². The number of methoxy groups -OCH3 is 1. The Labute approximate surface area is 281 Å². The molecule has 260 valence electrons. The molecule has 48 heavy (non-hydrogen) atoms. The number of nitrogens with zero attached hydrogens (tertiary/aromatic N) is 2. The van der Waals surface area contributed by atoms with Crippen molar-refractivity contribution in [2.45, 2.75) is 88.1 Å². The SMILES string of the molecule is COc1cnc(O[C@@H]2C[C@H]3C(=O)C[C@]4(C(=O)NS(=O)(=O)C5(CO)CC5)C[C@H]4/C=C\CC[C@H](C)C[C@@H](C)[C@H](N)C(=O)N3C2)c2ccccc12. The molecule has 4 aliphatic rings. The van der Waals surface area contributed by atoms with E-state index in [9.17, 15) is 27.9 Å². The normalized spacial score (nSPS) is 32.7. The minimum Gasteiger partial charge on any atom is -0.494 e. The smallest absolute Gasteiger partial charge is 0.242 e. The van der Waals surface area contributed by atoms with Gasteiger partial charge in [-0.2, -0.15) is 0 Å². The minimum atomic E-state index is -4.16. The Hall–Kier alpha value is -3.55. The maximum Gasteiger partial charge on any atom is 0.242 e. The van der Waals surface area contributed by atoms with Crippen molar-refractivity contribution in [3.05, 3.63) is 42.6 Å². The Kier molecular flexibility index (Phi) is 9.33. The van der Waals surface area contributed by atoms with Crippen molar-refractivity contribution in [3.63, 3.8) is 0 Å². The number of sulfonamides is 1. The van der Waals surface area contributed by atoms with Gasteiger partial charge >= 0.3 is 0 Å². The number of carbonyl (C=O) groups excluding carboxylic acids is 3. The predicted octanol–water partition coefficient (Wildman–Crippen LogP) is 2.87. The van der Waals surface area contributed by atoms with Crippen LogP contribution < -0.4 is 19.9 Å². The molecule has 1 saturated heterocycles. The maximum absolute atomic E-state index is 14.3. The van der Waals surface area contributed by atoms with Crippen LogP contribution in [0.4, 0.5) is 0 Å². The molecule has 2 aromatic rings. The fourth-order valence-electron chi connectivity index (χ4n) is 7.50. The quantitative estimate of drug-likeness (QED) is 0.368. The zero-order chi connectivity index (χ0) is 34.4. The van der Waals surface area contributed by atoms with Crippen LogP contribution in [0.15, 0.2) is 42.6 Å². The van der Waals surface area contributed by atoms with E-state index in [1.807, 2.05) is 43.3 Å². The summed E-state index contributed by atoms with van der Waals surface area (Å²) >= 11 is 0. The molecular weight excluding hydrogens is 636 g/mol. The van der Waals surface area contributed by atoms with Crippen molar-refractivity contribution >= 4 is 38.4 Å². The van der Waals surface area contributed by atoms with E-state index in [0.717, 1.165) is 30.0 Å². The average molecular weight is 683 g/mol. The van der Waals surface area contributed by atoms with Crippen LogP contribution in [0.1, 0.15) is 65.2 Å². The van der Waals surface area contributed by atoms with E-state index in [4.69, 9.17) is 15.2 Å². The average Bonchev–Trinajstić information content (AvgIpc) is 3.97. The zero-order valence-electron chi connectivity index (χ0n) is 27.8. The molecule has 2 saturated carbocycles. The van der Waals surface area contributed by atoms with Crippen LogP contribution in [0.25, 0.3) is 10.8 Å². The number of Topliss-reactive ketones (excluding diaryl/α,β-unsaturated/α-hetero) is 1. The Morgan fingerprint density at radius 2 is 1.90 bits per heavy atom. The number of nitrogens with two attached hydrogens (primary N) is 1. The Morgan fingerprint density at radius 1 is 1.17 bits per heavy atom. The topological polar surface area (TPSA) is 178 Å². The first-order valence-electron chi connectivity index (χ1n) is 16.9. The standard InChI is InChI=1S/C35H46N4O8S/c1-21-8-4-5-9-23-16-35(23,33(43)38-48(44,45)34(20-40)12-13-34)17-28(41)27-15-24(19-39(27)32(42)30(36)22(2)14-21)47-31-26-11-7-6-10-25(26)29(46-3)18-37-31/h5-7,9-11,18,21-24,27,30,40H,4,8,12-17,19-20,36H2,1-3H3,(H,38,43)/b9-5-/t21-,22+,23+,24+,27-,30-,35+/m0/s1. The second-order valence-corrected chi connectivity index (χ2v) is 16.5. The number of hydrogen-bond acceptors (Lipinski definition) is 10. The molecule has 6 rings (SSSR count). The molecule has 13 heteroatoms. The lowest BCUT2D eigenvalue weighted by Crippen LogP contribution is -2.52. The first-order valence-corrected chi connectivity index (χ1v) is 18.3. The predicted molar refractivity (Wildman–Crippen MR) is 178 cm³/mol. The van der Waals surface area contributed by atoms with E-state index >= 15 is 0 Å². The molecule has 2 aliphatic carbocycles. The molecule has 1 aromatic carbocycles. The number of aromatic nitrogens is 1. The highest BCUT2D eigenvalue weighted by atomic mass is 32.2. The number of allylic oxidation sites excluding steroid dienone is 2. The summed E-state index contributed by atoms with van der Waals surface area (Å²) < 4.78 is 39.0. The van der Waals surface area contributed by atoms with Crippen LogP contribution in [0, 0.1) is 23.2 Å². The van der Waals surface area contributed by atoms with Crippen molar-refractivity contribution in [1.29, 1.82) is 0 Å². The van der Waals surface area contributed by atoms with E-state index < -0.39 is 50.9 Å². The fourth-order valence-corrected chi connectivity index (χ4v) is 8.98. The van der Waals surface area contributed by atoms with Crippen molar-refractivity contribution < 1.29 is 37.4 Å². The largest absolute Gasteiger partial charge is 0.494 e. The summed E-state index contributed by atoms with van der Waals surface area (Å²) in [5.41, 5.74) is 5.29. The van der Waals surface area contributed by atoms with Crippen molar-refractivity contribution in [2.24, 2.45) is 28.9 Å². The summed E-state index contributed by atoms with van der Waals surface area (Å²) in [4.78, 5) is 48.1. The van der Waals surface area contributed by atoms with Crippen molar-refractivity contribution in [3.8, 4) is 11.6 Å². The monoisotopic (exact) mass is 682 g/mol. The first kappa shape index (κ1) is 34.3. The van der Waals surface area contributed by atoms with Gasteiger partial charge in [0.2, 0.25) is 27.7 Å². The number of amides is 2. The summed E-state index contributed by atoms with van der Waals surface area (Å²) in [5, 5.41) is 11.3. The Bertz CT molecular complexity index is 1730. The molecule has 3 heterocycles. The van der Waals surface area contributed by atoms with Gasteiger partial charge in [0.1, 0.15) is 16.6 Å². The van der Waals surface area contributed by atoms with Crippen LogP contribution in [0.2, 0.25) is 0 Å². The molecule has 4 N–H and O–H groups in total. The van der Waals surface area contributed by atoms with Gasteiger partial charge in [0.15, 0.2) is 5.78 Å². The summed E-state index contributed by atoms with van der Waals surface area (Å²) in [6.45, 7) is 3.59. The molecule has 1 aromatic heterocycles. The fraction of sp³-hybridized carbons (Fsp3) is 0.600. The van der Waals surface area contributed by atoms with E-state index in [2.05, 4.69) is 16.6 Å². The molecule has 0 spiro atoms. The van der Waals surface area contributed by atoms with Gasteiger partial charge < -0.3 is 25.2 Å². The Balaban J connectivity index is 1.30. The van der Waals surface area contributed by atoms with Gasteiger partial charge in [-0.15, -0.1) is 0 Å². The van der Waals surface area contributed by atoms with Crippen LogP contribution in [-0.2, 0) is 24.4 Å².